The fourth-order valence-corrected chi connectivity index (χ4v) is 0.858. The first kappa shape index (κ1) is 9.03. The van der Waals surface area contributed by atoms with E-state index in [1.165, 1.54) is 0 Å². The van der Waals surface area contributed by atoms with Crippen molar-refractivity contribution in [3.05, 3.63) is 0 Å². The van der Waals surface area contributed by atoms with Gasteiger partial charge in [0.05, 0.1) is 0 Å². The van der Waals surface area contributed by atoms with Crippen molar-refractivity contribution in [1.82, 2.24) is 5.32 Å². The number of hydrogen-bond acceptors (Lipinski definition) is 1. The van der Waals surface area contributed by atoms with Gasteiger partial charge in [-0.05, 0) is 5.92 Å². The number of carbonyl (C=O) groups is 1. The Hall–Kier alpha value is -0.970. The number of terminal acetylenes is 1. The van der Waals surface area contributed by atoms with E-state index in [0.29, 0.717) is 5.92 Å². The van der Waals surface area contributed by atoms with Crippen molar-refractivity contribution in [2.24, 2.45) is 11.8 Å². The molecule has 0 bridgehead atoms. The van der Waals surface area contributed by atoms with Crippen molar-refractivity contribution in [1.29, 1.82) is 0 Å². The van der Waals surface area contributed by atoms with Crippen molar-refractivity contribution in [2.75, 3.05) is 6.54 Å². The molecule has 0 aliphatic carbocycles. The van der Waals surface area contributed by atoms with Gasteiger partial charge in [-0.1, -0.05) is 13.8 Å². The van der Waals surface area contributed by atoms with Crippen LogP contribution in [0, 0.1) is 24.7 Å². The lowest BCUT2D eigenvalue weighted by Crippen LogP contribution is -2.16. The third kappa shape index (κ3) is 1.77. The third-order valence-corrected chi connectivity index (χ3v) is 1.87. The molecule has 1 saturated heterocycles. The van der Waals surface area contributed by atoms with Gasteiger partial charge in [-0.25, -0.2) is 0 Å². The number of carbonyl (C=O) groups excluding carboxylic acids is 1. The minimum atomic E-state index is 0.206. The standard InChI is InChI=1S/C6H11NO.C2H2/c1-4-3-7-6(8)5(4)2;1-2/h4-5H,3H2,1-2H3,(H,7,8);1-2H/t4?,5-;/m0./s1. The summed E-state index contributed by atoms with van der Waals surface area (Å²) in [6.07, 6.45) is 8.00. The molecule has 2 heteroatoms. The first-order chi connectivity index (χ1) is 4.72. The van der Waals surface area contributed by atoms with Crippen molar-refractivity contribution in [3.63, 3.8) is 0 Å². The summed E-state index contributed by atoms with van der Waals surface area (Å²) in [4.78, 5) is 10.7. The summed E-state index contributed by atoms with van der Waals surface area (Å²) in [6, 6.07) is 0. The zero-order valence-corrected chi connectivity index (χ0v) is 6.42. The maximum absolute atomic E-state index is 10.7. The largest absolute Gasteiger partial charge is 0.356 e. The molecule has 1 amide bonds. The molecule has 2 atom stereocenters. The summed E-state index contributed by atoms with van der Waals surface area (Å²) in [5.74, 6) is 0.968. The Kier molecular flexibility index (Phi) is 3.56. The molecule has 1 N–H and O–H groups in total. The Balaban J connectivity index is 0.000000371. The SMILES string of the molecule is C#C.CC1CNC(=O)[C@H]1C. The van der Waals surface area contributed by atoms with Gasteiger partial charge in [0, 0.05) is 12.5 Å². The minimum absolute atomic E-state index is 0.206. The molecule has 1 heterocycles. The molecule has 1 fully saturated rings. The van der Waals surface area contributed by atoms with Crippen LogP contribution in [0.4, 0.5) is 0 Å². The van der Waals surface area contributed by atoms with Crippen LogP contribution in [0.15, 0.2) is 0 Å². The summed E-state index contributed by atoms with van der Waals surface area (Å²) >= 11 is 0. The van der Waals surface area contributed by atoms with E-state index < -0.39 is 0 Å². The lowest BCUT2D eigenvalue weighted by atomic mass is 10.0. The molecule has 0 saturated carbocycles. The Bertz CT molecular complexity index is 139. The molecule has 1 aliphatic heterocycles. The number of nitrogens with one attached hydrogen (secondary N) is 1. The Morgan fingerprint density at radius 2 is 2.00 bits per heavy atom. The summed E-state index contributed by atoms with van der Waals surface area (Å²) in [5, 5.41) is 2.78. The van der Waals surface area contributed by atoms with E-state index >= 15 is 0 Å². The molecule has 0 aromatic rings. The first-order valence-electron chi connectivity index (χ1n) is 3.33. The highest BCUT2D eigenvalue weighted by atomic mass is 16.2. The van der Waals surface area contributed by atoms with Crippen molar-refractivity contribution < 1.29 is 4.79 Å². The smallest absolute Gasteiger partial charge is 0.223 e. The van der Waals surface area contributed by atoms with Gasteiger partial charge in [0.25, 0.3) is 0 Å². The second-order valence-corrected chi connectivity index (χ2v) is 2.51. The second-order valence-electron chi connectivity index (χ2n) is 2.51. The van der Waals surface area contributed by atoms with Crippen molar-refractivity contribution >= 4 is 5.91 Å². The fourth-order valence-electron chi connectivity index (χ4n) is 0.858. The van der Waals surface area contributed by atoms with Crippen LogP contribution >= 0.6 is 0 Å². The van der Waals surface area contributed by atoms with Crippen LogP contribution in [0.25, 0.3) is 0 Å². The van der Waals surface area contributed by atoms with Gasteiger partial charge < -0.3 is 5.32 Å². The van der Waals surface area contributed by atoms with Crippen molar-refractivity contribution in [3.8, 4) is 12.8 Å². The lowest BCUT2D eigenvalue weighted by Gasteiger charge is -2.00. The highest BCUT2D eigenvalue weighted by Crippen LogP contribution is 2.14. The van der Waals surface area contributed by atoms with E-state index in [4.69, 9.17) is 0 Å². The predicted molar refractivity (Wildman–Crippen MR) is 41.2 cm³/mol. The first-order valence-corrected chi connectivity index (χ1v) is 3.33. The van der Waals surface area contributed by atoms with E-state index in [9.17, 15) is 4.79 Å². The fraction of sp³-hybridized carbons (Fsp3) is 0.625. The highest BCUT2D eigenvalue weighted by Gasteiger charge is 2.26. The van der Waals surface area contributed by atoms with E-state index in [-0.39, 0.29) is 11.8 Å². The molecular formula is C8H13NO. The number of hydrogen-bond donors (Lipinski definition) is 1. The van der Waals surface area contributed by atoms with Gasteiger partial charge in [-0.2, -0.15) is 0 Å². The summed E-state index contributed by atoms with van der Waals surface area (Å²) in [7, 11) is 0. The summed E-state index contributed by atoms with van der Waals surface area (Å²) < 4.78 is 0. The molecule has 0 radical (unpaired) electrons. The molecule has 0 aromatic carbocycles. The minimum Gasteiger partial charge on any atom is -0.356 e. The van der Waals surface area contributed by atoms with Crippen LogP contribution in [-0.4, -0.2) is 12.5 Å². The highest BCUT2D eigenvalue weighted by molar-refractivity contribution is 5.80. The molecule has 0 spiro atoms. The summed E-state index contributed by atoms with van der Waals surface area (Å²) in [6.45, 7) is 4.91. The van der Waals surface area contributed by atoms with Crippen LogP contribution in [0.1, 0.15) is 13.8 Å². The zero-order valence-electron chi connectivity index (χ0n) is 6.42. The monoisotopic (exact) mass is 139 g/mol. The van der Waals surface area contributed by atoms with E-state index in [1.807, 2.05) is 6.92 Å². The predicted octanol–water partition coefficient (Wildman–Crippen LogP) is 0.638. The third-order valence-electron chi connectivity index (χ3n) is 1.87. The van der Waals surface area contributed by atoms with Gasteiger partial charge >= 0.3 is 0 Å². The van der Waals surface area contributed by atoms with Gasteiger partial charge in [-0.3, -0.25) is 4.79 Å². The number of rotatable bonds is 0. The van der Waals surface area contributed by atoms with Gasteiger partial charge in [0.2, 0.25) is 5.91 Å². The average molecular weight is 139 g/mol. The van der Waals surface area contributed by atoms with Crippen LogP contribution in [0.5, 0.6) is 0 Å². The van der Waals surface area contributed by atoms with Gasteiger partial charge in [-0.15, -0.1) is 12.8 Å². The van der Waals surface area contributed by atoms with E-state index in [0.717, 1.165) is 6.54 Å². The summed E-state index contributed by atoms with van der Waals surface area (Å²) in [5.41, 5.74) is 0. The van der Waals surface area contributed by atoms with Gasteiger partial charge in [0.1, 0.15) is 0 Å². The van der Waals surface area contributed by atoms with Crippen LogP contribution < -0.4 is 5.32 Å². The maximum Gasteiger partial charge on any atom is 0.223 e. The van der Waals surface area contributed by atoms with E-state index in [2.05, 4.69) is 25.1 Å². The molecule has 0 aromatic heterocycles. The molecule has 1 aliphatic rings. The second kappa shape index (κ2) is 3.94. The van der Waals surface area contributed by atoms with Crippen LogP contribution in [0.3, 0.4) is 0 Å². The Labute approximate surface area is 62.0 Å². The Morgan fingerprint density at radius 3 is 2.10 bits per heavy atom. The normalized spacial score (nSPS) is 30.2. The van der Waals surface area contributed by atoms with Gasteiger partial charge in [0.15, 0.2) is 0 Å². The zero-order chi connectivity index (χ0) is 8.15. The molecule has 1 unspecified atom stereocenters. The Morgan fingerprint density at radius 1 is 1.50 bits per heavy atom. The maximum atomic E-state index is 10.7. The van der Waals surface area contributed by atoms with Crippen LogP contribution in [0.2, 0.25) is 0 Å². The van der Waals surface area contributed by atoms with E-state index in [1.54, 1.807) is 0 Å². The quantitative estimate of drug-likeness (QED) is 0.490. The molecular weight excluding hydrogens is 126 g/mol. The average Bonchev–Trinajstić information content (AvgIpc) is 2.25. The molecule has 56 valence electrons. The molecule has 2 nitrogen and oxygen atoms in total. The molecule has 10 heavy (non-hydrogen) atoms. The topological polar surface area (TPSA) is 29.1 Å². The number of amides is 1. The lowest BCUT2D eigenvalue weighted by molar-refractivity contribution is -0.122. The van der Waals surface area contributed by atoms with Crippen molar-refractivity contribution in [2.45, 2.75) is 13.8 Å². The molecule has 1 rings (SSSR count). The van der Waals surface area contributed by atoms with Crippen LogP contribution in [-0.2, 0) is 4.79 Å².